The molecule has 1 saturated heterocycles. The number of β-amino-alcohol motifs (C(OH)–C–C–N with tert-alkyl or cyclic N) is 1. The molecule has 1 fully saturated rings. The Morgan fingerprint density at radius 3 is 2.85 bits per heavy atom. The second-order valence-electron chi connectivity index (χ2n) is 5.10. The predicted molar refractivity (Wildman–Crippen MR) is 86.7 cm³/mol. The molecule has 0 radical (unpaired) electrons. The summed E-state index contributed by atoms with van der Waals surface area (Å²) < 4.78 is 0. The molecule has 0 aromatic heterocycles. The summed E-state index contributed by atoms with van der Waals surface area (Å²) in [5.74, 6) is 1.06. The van der Waals surface area contributed by atoms with Crippen LogP contribution in [0.25, 0.3) is 0 Å². The summed E-state index contributed by atoms with van der Waals surface area (Å²) in [6.45, 7) is 6.84. The van der Waals surface area contributed by atoms with Crippen molar-refractivity contribution < 1.29 is 5.11 Å². The molecule has 0 saturated carbocycles. The zero-order valence-electron chi connectivity index (χ0n) is 11.9. The van der Waals surface area contributed by atoms with E-state index in [-0.39, 0.29) is 0 Å². The van der Waals surface area contributed by atoms with E-state index in [1.165, 1.54) is 0 Å². The van der Waals surface area contributed by atoms with E-state index in [1.54, 1.807) is 11.8 Å². The van der Waals surface area contributed by atoms with E-state index in [0.717, 1.165) is 48.8 Å². The van der Waals surface area contributed by atoms with Crippen molar-refractivity contribution >= 4 is 23.4 Å². The number of aliphatic hydroxyl groups is 1. The van der Waals surface area contributed by atoms with E-state index >= 15 is 0 Å². The van der Waals surface area contributed by atoms with Crippen LogP contribution < -0.4 is 5.32 Å². The lowest BCUT2D eigenvalue weighted by Gasteiger charge is -2.29. The SMILES string of the molecule is CCCSc1ccc(Cl)cc1C(O)CN1CCNCC1. The molecule has 1 aromatic carbocycles. The summed E-state index contributed by atoms with van der Waals surface area (Å²) in [6.07, 6.45) is 0.659. The molecule has 0 aliphatic carbocycles. The highest BCUT2D eigenvalue weighted by Gasteiger charge is 2.18. The van der Waals surface area contributed by atoms with Gasteiger partial charge < -0.3 is 10.4 Å². The standard InChI is InChI=1S/C15H23ClN2OS/c1-2-9-20-15-4-3-12(16)10-13(15)14(19)11-18-7-5-17-6-8-18/h3-4,10,14,17,19H,2,5-9,11H2,1H3. The molecule has 1 aliphatic heterocycles. The predicted octanol–water partition coefficient (Wildman–Crippen LogP) is 2.78. The summed E-state index contributed by atoms with van der Waals surface area (Å²) in [6, 6.07) is 5.84. The Hall–Kier alpha value is -0.260. The van der Waals surface area contributed by atoms with Crippen LogP contribution in [0.3, 0.4) is 0 Å². The third-order valence-electron chi connectivity index (χ3n) is 3.43. The Labute approximate surface area is 130 Å². The fourth-order valence-corrected chi connectivity index (χ4v) is 3.49. The zero-order chi connectivity index (χ0) is 14.4. The third-order valence-corrected chi connectivity index (χ3v) is 4.96. The second-order valence-corrected chi connectivity index (χ2v) is 6.67. The van der Waals surface area contributed by atoms with Gasteiger partial charge in [-0.15, -0.1) is 11.8 Å². The minimum Gasteiger partial charge on any atom is -0.387 e. The summed E-state index contributed by atoms with van der Waals surface area (Å²) in [5, 5.41) is 14.6. The fourth-order valence-electron chi connectivity index (χ4n) is 2.36. The van der Waals surface area contributed by atoms with Gasteiger partial charge in [-0.2, -0.15) is 0 Å². The first-order valence-corrected chi connectivity index (χ1v) is 8.60. The van der Waals surface area contributed by atoms with Crippen LogP contribution in [0.5, 0.6) is 0 Å². The van der Waals surface area contributed by atoms with Crippen LogP contribution in [0.2, 0.25) is 5.02 Å². The average molecular weight is 315 g/mol. The molecule has 1 aliphatic rings. The number of rotatable bonds is 6. The van der Waals surface area contributed by atoms with Gasteiger partial charge >= 0.3 is 0 Å². The first kappa shape index (κ1) is 16.1. The number of hydrogen-bond donors (Lipinski definition) is 2. The Kier molecular flexibility index (Phi) is 6.65. The molecule has 0 bridgehead atoms. The molecule has 1 unspecified atom stereocenters. The first-order valence-electron chi connectivity index (χ1n) is 7.24. The van der Waals surface area contributed by atoms with Gasteiger partial charge in [0, 0.05) is 42.6 Å². The molecule has 20 heavy (non-hydrogen) atoms. The molecular formula is C15H23ClN2OS. The highest BCUT2D eigenvalue weighted by Crippen LogP contribution is 2.31. The van der Waals surface area contributed by atoms with Crippen LogP contribution in [-0.4, -0.2) is 48.5 Å². The van der Waals surface area contributed by atoms with Crippen molar-refractivity contribution in [3.63, 3.8) is 0 Å². The van der Waals surface area contributed by atoms with Gasteiger partial charge in [-0.05, 0) is 35.9 Å². The maximum atomic E-state index is 10.5. The lowest BCUT2D eigenvalue weighted by molar-refractivity contribution is 0.104. The Balaban J connectivity index is 2.06. The number of thioether (sulfide) groups is 1. The Morgan fingerprint density at radius 2 is 2.15 bits per heavy atom. The van der Waals surface area contributed by atoms with Crippen molar-refractivity contribution in [3.05, 3.63) is 28.8 Å². The van der Waals surface area contributed by atoms with E-state index in [2.05, 4.69) is 17.1 Å². The minimum atomic E-state index is -0.467. The van der Waals surface area contributed by atoms with Crippen LogP contribution in [0.15, 0.2) is 23.1 Å². The molecule has 5 heteroatoms. The molecule has 2 N–H and O–H groups in total. The van der Waals surface area contributed by atoms with E-state index in [4.69, 9.17) is 11.6 Å². The number of hydrogen-bond acceptors (Lipinski definition) is 4. The Morgan fingerprint density at radius 1 is 1.40 bits per heavy atom. The Bertz CT molecular complexity index is 424. The number of nitrogens with one attached hydrogen (secondary N) is 1. The number of halogens is 1. The summed E-state index contributed by atoms with van der Waals surface area (Å²) in [7, 11) is 0. The quantitative estimate of drug-likeness (QED) is 0.792. The molecule has 1 heterocycles. The number of benzene rings is 1. The van der Waals surface area contributed by atoms with Gasteiger partial charge in [-0.3, -0.25) is 4.90 Å². The number of piperazine rings is 1. The maximum Gasteiger partial charge on any atom is 0.0928 e. The van der Waals surface area contributed by atoms with Crippen molar-refractivity contribution in [1.82, 2.24) is 10.2 Å². The van der Waals surface area contributed by atoms with Gasteiger partial charge in [0.25, 0.3) is 0 Å². The van der Waals surface area contributed by atoms with Crippen molar-refractivity contribution in [1.29, 1.82) is 0 Å². The highest BCUT2D eigenvalue weighted by atomic mass is 35.5. The maximum absolute atomic E-state index is 10.5. The molecule has 1 atom stereocenters. The van der Waals surface area contributed by atoms with Gasteiger partial charge in [0.05, 0.1) is 6.10 Å². The molecule has 0 amide bonds. The van der Waals surface area contributed by atoms with Crippen LogP contribution in [0.4, 0.5) is 0 Å². The number of nitrogens with zero attached hydrogens (tertiary/aromatic N) is 1. The third kappa shape index (κ3) is 4.64. The van der Waals surface area contributed by atoms with Gasteiger partial charge in [-0.25, -0.2) is 0 Å². The number of aliphatic hydroxyl groups excluding tert-OH is 1. The van der Waals surface area contributed by atoms with E-state index in [1.807, 2.05) is 18.2 Å². The molecule has 0 spiro atoms. The van der Waals surface area contributed by atoms with Gasteiger partial charge in [0.1, 0.15) is 0 Å². The lowest BCUT2D eigenvalue weighted by atomic mass is 10.1. The lowest BCUT2D eigenvalue weighted by Crippen LogP contribution is -2.45. The van der Waals surface area contributed by atoms with Crippen molar-refractivity contribution in [2.24, 2.45) is 0 Å². The van der Waals surface area contributed by atoms with E-state index < -0.39 is 6.10 Å². The van der Waals surface area contributed by atoms with E-state index in [9.17, 15) is 5.11 Å². The molecule has 112 valence electrons. The average Bonchev–Trinajstić information content (AvgIpc) is 2.47. The minimum absolute atomic E-state index is 0.467. The normalized spacial score (nSPS) is 18.1. The summed E-state index contributed by atoms with van der Waals surface area (Å²) in [5.41, 5.74) is 0.967. The zero-order valence-corrected chi connectivity index (χ0v) is 13.5. The molecule has 2 rings (SSSR count). The van der Waals surface area contributed by atoms with Gasteiger partial charge in [0.15, 0.2) is 0 Å². The smallest absolute Gasteiger partial charge is 0.0928 e. The second kappa shape index (κ2) is 8.25. The summed E-state index contributed by atoms with van der Waals surface area (Å²) >= 11 is 7.89. The monoisotopic (exact) mass is 314 g/mol. The van der Waals surface area contributed by atoms with Crippen LogP contribution >= 0.6 is 23.4 Å². The first-order chi connectivity index (χ1) is 9.70. The van der Waals surface area contributed by atoms with Gasteiger partial charge in [-0.1, -0.05) is 18.5 Å². The highest BCUT2D eigenvalue weighted by molar-refractivity contribution is 7.99. The summed E-state index contributed by atoms with van der Waals surface area (Å²) in [4.78, 5) is 3.45. The van der Waals surface area contributed by atoms with Crippen molar-refractivity contribution in [2.45, 2.75) is 24.3 Å². The topological polar surface area (TPSA) is 35.5 Å². The fraction of sp³-hybridized carbons (Fsp3) is 0.600. The largest absolute Gasteiger partial charge is 0.387 e. The van der Waals surface area contributed by atoms with Crippen molar-refractivity contribution in [3.8, 4) is 0 Å². The molecule has 3 nitrogen and oxygen atoms in total. The van der Waals surface area contributed by atoms with Gasteiger partial charge in [0.2, 0.25) is 0 Å². The van der Waals surface area contributed by atoms with Crippen LogP contribution in [0, 0.1) is 0 Å². The molecule has 1 aromatic rings. The van der Waals surface area contributed by atoms with E-state index in [0.29, 0.717) is 11.6 Å². The van der Waals surface area contributed by atoms with Crippen molar-refractivity contribution in [2.75, 3.05) is 38.5 Å². The van der Waals surface area contributed by atoms with Crippen LogP contribution in [-0.2, 0) is 0 Å². The van der Waals surface area contributed by atoms with Crippen LogP contribution in [0.1, 0.15) is 25.0 Å². The molecular weight excluding hydrogens is 292 g/mol.